The molecular formula is C21H40O4. The average Bonchev–Trinajstić information content (AvgIpc) is 2.50. The maximum absolute atomic E-state index is 11.5. The Morgan fingerprint density at radius 3 is 1.52 bits per heavy atom. The van der Waals surface area contributed by atoms with Gasteiger partial charge in [-0.3, -0.25) is 9.59 Å². The second kappa shape index (κ2) is 13.2. The molecule has 148 valence electrons. The fourth-order valence-corrected chi connectivity index (χ4v) is 3.74. The van der Waals surface area contributed by atoms with Gasteiger partial charge in [0.1, 0.15) is 0 Å². The Hall–Kier alpha value is -1.06. The lowest BCUT2D eigenvalue weighted by molar-refractivity contribution is -0.151. The molecule has 0 aromatic rings. The lowest BCUT2D eigenvalue weighted by Crippen LogP contribution is -2.35. The van der Waals surface area contributed by atoms with Crippen molar-refractivity contribution in [3.05, 3.63) is 0 Å². The third-order valence-corrected chi connectivity index (χ3v) is 5.44. The molecule has 2 N–H and O–H groups in total. The maximum atomic E-state index is 11.5. The van der Waals surface area contributed by atoms with Gasteiger partial charge >= 0.3 is 11.9 Å². The summed E-state index contributed by atoms with van der Waals surface area (Å²) in [5.41, 5.74) is -0.644. The Kier molecular flexibility index (Phi) is 12.6. The monoisotopic (exact) mass is 356 g/mol. The van der Waals surface area contributed by atoms with E-state index in [1.54, 1.807) is 0 Å². The van der Waals surface area contributed by atoms with Gasteiger partial charge in [-0.2, -0.15) is 0 Å². The Labute approximate surface area is 154 Å². The van der Waals surface area contributed by atoms with Crippen LogP contribution in [0.1, 0.15) is 105 Å². The summed E-state index contributed by atoms with van der Waals surface area (Å²) < 4.78 is 0. The minimum atomic E-state index is -0.688. The van der Waals surface area contributed by atoms with Crippen molar-refractivity contribution in [2.24, 2.45) is 17.3 Å². The van der Waals surface area contributed by atoms with Crippen molar-refractivity contribution in [1.82, 2.24) is 0 Å². The van der Waals surface area contributed by atoms with E-state index in [9.17, 15) is 14.7 Å². The molecule has 1 atom stereocenters. The number of rotatable bonds is 16. The van der Waals surface area contributed by atoms with Crippen molar-refractivity contribution >= 4 is 11.9 Å². The van der Waals surface area contributed by atoms with Crippen LogP contribution in [0.2, 0.25) is 0 Å². The molecule has 0 saturated carbocycles. The fourth-order valence-electron chi connectivity index (χ4n) is 3.74. The van der Waals surface area contributed by atoms with E-state index in [1.807, 2.05) is 13.8 Å². The molecule has 0 spiro atoms. The fraction of sp³-hybridized carbons (Fsp3) is 0.905. The third kappa shape index (κ3) is 11.2. The first-order valence-corrected chi connectivity index (χ1v) is 10.1. The summed E-state index contributed by atoms with van der Waals surface area (Å²) in [7, 11) is 0. The molecule has 0 amide bonds. The van der Waals surface area contributed by atoms with Gasteiger partial charge in [0.05, 0.1) is 5.41 Å². The van der Waals surface area contributed by atoms with Crippen LogP contribution < -0.4 is 0 Å². The predicted octanol–water partition coefficient (Wildman–Crippen LogP) is 6.14. The van der Waals surface area contributed by atoms with Crippen molar-refractivity contribution in [3.8, 4) is 0 Å². The zero-order valence-corrected chi connectivity index (χ0v) is 16.9. The minimum Gasteiger partial charge on any atom is -0.481 e. The highest BCUT2D eigenvalue weighted by Crippen LogP contribution is 2.36. The lowest BCUT2D eigenvalue weighted by atomic mass is 9.70. The largest absolute Gasteiger partial charge is 0.481 e. The Morgan fingerprint density at radius 2 is 1.16 bits per heavy atom. The van der Waals surface area contributed by atoms with Crippen molar-refractivity contribution in [3.63, 3.8) is 0 Å². The van der Waals surface area contributed by atoms with Gasteiger partial charge in [-0.1, -0.05) is 71.6 Å². The summed E-state index contributed by atoms with van der Waals surface area (Å²) in [6.45, 7) is 7.98. The van der Waals surface area contributed by atoms with Gasteiger partial charge in [0.2, 0.25) is 0 Å². The van der Waals surface area contributed by atoms with E-state index in [2.05, 4.69) is 13.8 Å². The zero-order valence-electron chi connectivity index (χ0n) is 16.9. The van der Waals surface area contributed by atoms with Crippen LogP contribution >= 0.6 is 0 Å². The summed E-state index contributed by atoms with van der Waals surface area (Å²) >= 11 is 0. The minimum absolute atomic E-state index is 0.232. The quantitative estimate of drug-likeness (QED) is 0.326. The number of aliphatic carboxylic acids is 2. The zero-order chi connectivity index (χ0) is 19.3. The molecule has 4 nitrogen and oxygen atoms in total. The van der Waals surface area contributed by atoms with Crippen LogP contribution in [0.3, 0.4) is 0 Å². The maximum Gasteiger partial charge on any atom is 0.309 e. The van der Waals surface area contributed by atoms with Crippen molar-refractivity contribution < 1.29 is 19.8 Å². The number of hydrogen-bond donors (Lipinski definition) is 2. The highest BCUT2D eigenvalue weighted by molar-refractivity contribution is 5.74. The number of carbonyl (C=O) groups is 2. The normalized spacial score (nSPS) is 13.2. The van der Waals surface area contributed by atoms with Crippen LogP contribution in [0.15, 0.2) is 0 Å². The summed E-state index contributed by atoms with van der Waals surface area (Å²) in [5.74, 6) is -0.746. The van der Waals surface area contributed by atoms with Crippen LogP contribution in [0.4, 0.5) is 0 Å². The molecule has 0 aliphatic rings. The predicted molar refractivity (Wildman–Crippen MR) is 103 cm³/mol. The van der Waals surface area contributed by atoms with Crippen molar-refractivity contribution in [2.45, 2.75) is 105 Å². The van der Waals surface area contributed by atoms with Crippen LogP contribution in [-0.2, 0) is 9.59 Å². The van der Waals surface area contributed by atoms with E-state index >= 15 is 0 Å². The number of hydrogen-bond acceptors (Lipinski definition) is 2. The molecule has 25 heavy (non-hydrogen) atoms. The van der Waals surface area contributed by atoms with Gasteiger partial charge in [-0.05, 0) is 38.5 Å². The van der Waals surface area contributed by atoms with Crippen LogP contribution in [0.25, 0.3) is 0 Å². The molecule has 0 aliphatic heterocycles. The summed E-state index contributed by atoms with van der Waals surface area (Å²) in [4.78, 5) is 21.9. The highest BCUT2D eigenvalue weighted by Gasteiger charge is 2.37. The Morgan fingerprint density at radius 1 is 0.760 bits per heavy atom. The van der Waals surface area contributed by atoms with E-state index < -0.39 is 17.4 Å². The van der Waals surface area contributed by atoms with Gasteiger partial charge in [0.15, 0.2) is 0 Å². The molecule has 0 rings (SSSR count). The number of carboxylic acids is 2. The van der Waals surface area contributed by atoms with Gasteiger partial charge in [-0.25, -0.2) is 0 Å². The van der Waals surface area contributed by atoms with Crippen LogP contribution in [0, 0.1) is 17.3 Å². The van der Waals surface area contributed by atoms with Gasteiger partial charge in [0, 0.05) is 6.42 Å². The van der Waals surface area contributed by atoms with E-state index in [4.69, 9.17) is 5.11 Å². The van der Waals surface area contributed by atoms with Gasteiger partial charge in [0.25, 0.3) is 0 Å². The van der Waals surface area contributed by atoms with E-state index in [1.165, 1.54) is 38.5 Å². The standard InChI is InChI=1S/C21H40O4/c1-17(2)18(21(3,4)20(24)25)15-13-11-9-7-5-6-8-10-12-14-16-19(22)23/h17-18H,5-16H2,1-4H3,(H,22,23)(H,24,25). The number of unbranched alkanes of at least 4 members (excludes halogenated alkanes) is 9. The summed E-state index contributed by atoms with van der Waals surface area (Å²) in [5, 5.41) is 18.0. The second-order valence-electron chi connectivity index (χ2n) is 8.35. The molecule has 1 unspecified atom stereocenters. The highest BCUT2D eigenvalue weighted by atomic mass is 16.4. The molecule has 4 heteroatoms. The molecule has 0 radical (unpaired) electrons. The summed E-state index contributed by atoms with van der Waals surface area (Å²) in [6.07, 6.45) is 12.8. The van der Waals surface area contributed by atoms with Crippen LogP contribution in [0.5, 0.6) is 0 Å². The molecule has 0 saturated heterocycles. The first kappa shape index (κ1) is 23.9. The topological polar surface area (TPSA) is 74.6 Å². The molecule has 0 aromatic heterocycles. The number of carboxylic acid groups (broad SMARTS) is 2. The van der Waals surface area contributed by atoms with Crippen molar-refractivity contribution in [2.75, 3.05) is 0 Å². The van der Waals surface area contributed by atoms with E-state index in [0.29, 0.717) is 12.3 Å². The Bertz CT molecular complexity index is 374. The average molecular weight is 357 g/mol. The Balaban J connectivity index is 3.65. The van der Waals surface area contributed by atoms with Gasteiger partial charge < -0.3 is 10.2 Å². The molecule has 0 aromatic carbocycles. The van der Waals surface area contributed by atoms with Gasteiger partial charge in [-0.15, -0.1) is 0 Å². The van der Waals surface area contributed by atoms with E-state index in [0.717, 1.165) is 32.1 Å². The first-order valence-electron chi connectivity index (χ1n) is 10.1. The molecule has 0 heterocycles. The second-order valence-corrected chi connectivity index (χ2v) is 8.35. The molecule has 0 bridgehead atoms. The molecule has 0 aliphatic carbocycles. The lowest BCUT2D eigenvalue weighted by Gasteiger charge is -2.33. The summed E-state index contributed by atoms with van der Waals surface area (Å²) in [6, 6.07) is 0. The SMILES string of the molecule is CC(C)C(CCCCCCCCCCCCC(=O)O)C(C)(C)C(=O)O. The molecule has 0 fully saturated rings. The third-order valence-electron chi connectivity index (χ3n) is 5.44. The van der Waals surface area contributed by atoms with E-state index in [-0.39, 0.29) is 5.92 Å². The van der Waals surface area contributed by atoms with Crippen LogP contribution in [-0.4, -0.2) is 22.2 Å². The first-order chi connectivity index (χ1) is 11.7. The van der Waals surface area contributed by atoms with Crippen molar-refractivity contribution in [1.29, 1.82) is 0 Å². The smallest absolute Gasteiger partial charge is 0.309 e. The molecular weight excluding hydrogens is 316 g/mol.